The molecule has 0 bridgehead atoms. The maximum Gasteiger partial charge on any atom is 0.103 e. The molecule has 0 amide bonds. The minimum atomic E-state index is 0.139. The van der Waals surface area contributed by atoms with Crippen molar-refractivity contribution in [2.75, 3.05) is 5.32 Å². The lowest BCUT2D eigenvalue weighted by molar-refractivity contribution is 1.14. The molecule has 1 unspecified atom stereocenters. The molecule has 1 atom stereocenters. The first-order valence-corrected chi connectivity index (χ1v) is 16.3. The van der Waals surface area contributed by atoms with Crippen molar-refractivity contribution in [1.29, 1.82) is 0 Å². The Morgan fingerprint density at radius 1 is 0.512 bits per heavy atom. The second-order valence-electron chi connectivity index (χ2n) is 11.3. The van der Waals surface area contributed by atoms with Gasteiger partial charge in [-0.3, -0.25) is 0 Å². The number of hydrogen-bond acceptors (Lipinski definition) is 3. The number of fused-ring (bicyclic) bond motifs is 11. The summed E-state index contributed by atoms with van der Waals surface area (Å²) in [5.41, 5.74) is 6.24. The van der Waals surface area contributed by atoms with Crippen LogP contribution in [0.2, 0.25) is 0 Å². The van der Waals surface area contributed by atoms with E-state index in [9.17, 15) is 0 Å². The summed E-state index contributed by atoms with van der Waals surface area (Å²) >= 11 is 3.84. The van der Waals surface area contributed by atoms with Gasteiger partial charge in [-0.1, -0.05) is 109 Å². The van der Waals surface area contributed by atoms with Gasteiger partial charge in [-0.2, -0.15) is 0 Å². The Morgan fingerprint density at radius 3 is 2.16 bits per heavy atom. The summed E-state index contributed by atoms with van der Waals surface area (Å²) in [5, 5.41) is 14.5. The van der Waals surface area contributed by atoms with Crippen molar-refractivity contribution in [3.05, 3.63) is 139 Å². The van der Waals surface area contributed by atoms with E-state index in [0.29, 0.717) is 0 Å². The Hall–Kier alpha value is -4.77. The van der Waals surface area contributed by atoms with Gasteiger partial charge in [0.05, 0.1) is 16.7 Å². The van der Waals surface area contributed by atoms with Crippen LogP contribution in [0.25, 0.3) is 69.2 Å². The van der Waals surface area contributed by atoms with Crippen LogP contribution in [0.1, 0.15) is 10.9 Å². The highest BCUT2D eigenvalue weighted by Gasteiger charge is 2.28. The Morgan fingerprint density at radius 2 is 1.26 bits per heavy atom. The van der Waals surface area contributed by atoms with E-state index in [-0.39, 0.29) is 5.37 Å². The maximum absolute atomic E-state index is 3.88. The fourth-order valence-corrected chi connectivity index (χ4v) is 9.70. The van der Waals surface area contributed by atoms with Crippen molar-refractivity contribution in [2.24, 2.45) is 0 Å². The predicted molar refractivity (Wildman–Crippen MR) is 187 cm³/mol. The van der Waals surface area contributed by atoms with Crippen LogP contribution >= 0.6 is 23.1 Å². The molecule has 0 radical (unpaired) electrons. The average Bonchev–Trinajstić information content (AvgIpc) is 3.76. The van der Waals surface area contributed by atoms with Crippen LogP contribution in [0, 0.1) is 0 Å². The number of aromatic nitrogens is 1. The van der Waals surface area contributed by atoms with Gasteiger partial charge in [0.1, 0.15) is 5.37 Å². The van der Waals surface area contributed by atoms with Gasteiger partial charge in [0.25, 0.3) is 0 Å². The molecule has 4 heteroatoms. The SMILES string of the molecule is c1ccc2c(c1)ccc1c2c2ccccc2n1-c1ccc(C2Nc3ccc4sc5ccccc5c4c3S2)c2ccccc12. The van der Waals surface area contributed by atoms with Crippen LogP contribution in [0.5, 0.6) is 0 Å². The van der Waals surface area contributed by atoms with E-state index >= 15 is 0 Å². The summed E-state index contributed by atoms with van der Waals surface area (Å²) in [6.07, 6.45) is 0. The summed E-state index contributed by atoms with van der Waals surface area (Å²) in [5.74, 6) is 0. The Bertz CT molecular complexity index is 2590. The van der Waals surface area contributed by atoms with Crippen molar-refractivity contribution >= 4 is 92.3 Å². The van der Waals surface area contributed by atoms with Crippen LogP contribution in [-0.2, 0) is 0 Å². The molecule has 43 heavy (non-hydrogen) atoms. The summed E-state index contributed by atoms with van der Waals surface area (Å²) in [6.45, 7) is 0. The van der Waals surface area contributed by atoms with Gasteiger partial charge in [0.2, 0.25) is 0 Å². The van der Waals surface area contributed by atoms with E-state index in [1.807, 2.05) is 23.1 Å². The van der Waals surface area contributed by atoms with Crippen LogP contribution in [-0.4, -0.2) is 4.57 Å². The molecule has 0 saturated heterocycles. The second-order valence-corrected chi connectivity index (χ2v) is 13.5. The summed E-state index contributed by atoms with van der Waals surface area (Å²) in [7, 11) is 0. The highest BCUT2D eigenvalue weighted by molar-refractivity contribution is 8.00. The first-order chi connectivity index (χ1) is 21.3. The van der Waals surface area contributed by atoms with Gasteiger partial charge < -0.3 is 9.88 Å². The first kappa shape index (κ1) is 23.8. The smallest absolute Gasteiger partial charge is 0.103 e. The molecule has 10 rings (SSSR count). The Balaban J connectivity index is 1.18. The molecule has 2 aromatic heterocycles. The summed E-state index contributed by atoms with van der Waals surface area (Å²) < 4.78 is 5.17. The molecular formula is C39H24N2S2. The van der Waals surface area contributed by atoms with Crippen LogP contribution < -0.4 is 5.32 Å². The second kappa shape index (κ2) is 8.87. The number of benzene rings is 7. The van der Waals surface area contributed by atoms with Crippen molar-refractivity contribution in [3.63, 3.8) is 0 Å². The average molecular weight is 585 g/mol. The molecule has 0 spiro atoms. The quantitative estimate of drug-likeness (QED) is 0.218. The standard InChI is InChI=1S/C39H24N2S2/c1-2-10-24-23(9-1)17-20-33-36(24)28-13-5-7-15-31(28)41(33)32-21-18-27(25-11-3-4-12-26(25)32)39-40-30-19-22-35-37(38(30)43-39)29-14-6-8-16-34(29)42-35/h1-22,39-40H. The van der Waals surface area contributed by atoms with E-state index in [0.717, 1.165) is 0 Å². The van der Waals surface area contributed by atoms with Crippen molar-refractivity contribution < 1.29 is 0 Å². The Labute approximate surface area is 256 Å². The van der Waals surface area contributed by atoms with Crippen molar-refractivity contribution in [2.45, 2.75) is 10.3 Å². The fourth-order valence-electron chi connectivity index (χ4n) is 7.18. The zero-order chi connectivity index (χ0) is 28.1. The number of nitrogens with zero attached hydrogens (tertiary/aromatic N) is 1. The van der Waals surface area contributed by atoms with Gasteiger partial charge in [-0.15, -0.1) is 11.3 Å². The number of hydrogen-bond donors (Lipinski definition) is 1. The van der Waals surface area contributed by atoms with Gasteiger partial charge in [0, 0.05) is 46.9 Å². The largest absolute Gasteiger partial charge is 0.368 e. The molecule has 3 heterocycles. The zero-order valence-electron chi connectivity index (χ0n) is 23.0. The maximum atomic E-state index is 3.88. The minimum absolute atomic E-state index is 0.139. The third-order valence-electron chi connectivity index (χ3n) is 9.04. The van der Waals surface area contributed by atoms with Gasteiger partial charge in [-0.05, 0) is 58.1 Å². The minimum Gasteiger partial charge on any atom is -0.368 e. The van der Waals surface area contributed by atoms with Gasteiger partial charge in [-0.25, -0.2) is 0 Å². The Kier molecular flexibility index (Phi) is 4.90. The predicted octanol–water partition coefficient (Wildman–Crippen LogP) is 11.7. The third-order valence-corrected chi connectivity index (χ3v) is 11.4. The lowest BCUT2D eigenvalue weighted by Crippen LogP contribution is -2.04. The number of anilines is 1. The molecule has 9 aromatic rings. The van der Waals surface area contributed by atoms with E-state index in [1.165, 1.54) is 85.4 Å². The molecule has 1 N–H and O–H groups in total. The van der Waals surface area contributed by atoms with Crippen molar-refractivity contribution in [3.8, 4) is 5.69 Å². The molecule has 1 aliphatic rings. The summed E-state index contributed by atoms with van der Waals surface area (Å²) in [6, 6.07) is 49.1. The molecule has 2 nitrogen and oxygen atoms in total. The first-order valence-electron chi connectivity index (χ1n) is 14.6. The van der Waals surface area contributed by atoms with E-state index < -0.39 is 0 Å². The van der Waals surface area contributed by atoms with Crippen LogP contribution in [0.4, 0.5) is 5.69 Å². The van der Waals surface area contributed by atoms with E-state index in [2.05, 4.69) is 143 Å². The highest BCUT2D eigenvalue weighted by atomic mass is 32.2. The van der Waals surface area contributed by atoms with E-state index in [4.69, 9.17) is 0 Å². The van der Waals surface area contributed by atoms with Crippen LogP contribution in [0.15, 0.2) is 138 Å². The molecular weight excluding hydrogens is 561 g/mol. The number of thiophene rings is 1. The molecule has 7 aromatic carbocycles. The normalized spacial score (nSPS) is 14.8. The zero-order valence-corrected chi connectivity index (χ0v) is 24.7. The molecule has 0 fully saturated rings. The van der Waals surface area contributed by atoms with Gasteiger partial charge >= 0.3 is 0 Å². The fraction of sp³-hybridized carbons (Fsp3) is 0.0256. The summed E-state index contributed by atoms with van der Waals surface area (Å²) in [4.78, 5) is 1.36. The lowest BCUT2D eigenvalue weighted by atomic mass is 10.0. The van der Waals surface area contributed by atoms with Crippen LogP contribution in [0.3, 0.4) is 0 Å². The molecule has 0 saturated carbocycles. The molecule has 0 aliphatic carbocycles. The topological polar surface area (TPSA) is 17.0 Å². The van der Waals surface area contributed by atoms with E-state index in [1.54, 1.807) is 0 Å². The number of para-hydroxylation sites is 1. The molecule has 1 aliphatic heterocycles. The lowest BCUT2D eigenvalue weighted by Gasteiger charge is -2.18. The number of nitrogens with one attached hydrogen (secondary N) is 1. The van der Waals surface area contributed by atoms with Gasteiger partial charge in [0.15, 0.2) is 0 Å². The number of rotatable bonds is 2. The van der Waals surface area contributed by atoms with Crippen molar-refractivity contribution in [1.82, 2.24) is 4.57 Å². The molecule has 202 valence electrons. The third kappa shape index (κ3) is 3.31. The number of thioether (sulfide) groups is 1. The highest BCUT2D eigenvalue weighted by Crippen LogP contribution is 2.54. The monoisotopic (exact) mass is 584 g/mol.